The summed E-state index contributed by atoms with van der Waals surface area (Å²) in [7, 11) is -3.46. The standard InChI is InChI=1S/C18H27N3O2S2/c1-3-21(4-2)25(22,23)16-7-5-6-15(12-16)19-18(24)20-17-11-13-8-9-14(17)10-13/h5-7,12-14,17H,3-4,8-11H2,1-2H3,(H2,19,20,24)/t13-,14+,17+/m0/s1. The molecule has 7 heteroatoms. The van der Waals surface area contributed by atoms with Gasteiger partial charge in [0.05, 0.1) is 4.90 Å². The van der Waals surface area contributed by atoms with Gasteiger partial charge in [0, 0.05) is 24.8 Å². The summed E-state index contributed by atoms with van der Waals surface area (Å²) >= 11 is 5.44. The highest BCUT2D eigenvalue weighted by Crippen LogP contribution is 2.44. The van der Waals surface area contributed by atoms with Gasteiger partial charge in [0.15, 0.2) is 5.11 Å². The second-order valence-corrected chi connectivity index (χ2v) is 9.34. The SMILES string of the molecule is CCN(CC)S(=O)(=O)c1cccc(NC(=S)N[C@@H]2C[C@H]3CC[C@@H]2C3)c1. The predicted molar refractivity (Wildman–Crippen MR) is 105 cm³/mol. The van der Waals surface area contributed by atoms with Gasteiger partial charge in [-0.2, -0.15) is 4.31 Å². The Balaban J connectivity index is 1.66. The van der Waals surface area contributed by atoms with E-state index < -0.39 is 10.0 Å². The van der Waals surface area contributed by atoms with E-state index in [1.807, 2.05) is 19.9 Å². The highest BCUT2D eigenvalue weighted by atomic mass is 32.2. The maximum atomic E-state index is 12.6. The summed E-state index contributed by atoms with van der Waals surface area (Å²) in [4.78, 5) is 0.295. The summed E-state index contributed by atoms with van der Waals surface area (Å²) in [5.74, 6) is 1.59. The molecule has 3 rings (SSSR count). The molecule has 2 N–H and O–H groups in total. The average Bonchev–Trinajstić information content (AvgIpc) is 3.18. The van der Waals surface area contributed by atoms with Crippen molar-refractivity contribution in [1.82, 2.24) is 9.62 Å². The van der Waals surface area contributed by atoms with E-state index in [-0.39, 0.29) is 0 Å². The van der Waals surface area contributed by atoms with Crippen molar-refractivity contribution in [3.63, 3.8) is 0 Å². The lowest BCUT2D eigenvalue weighted by atomic mass is 9.96. The van der Waals surface area contributed by atoms with Gasteiger partial charge in [-0.05, 0) is 61.5 Å². The molecule has 138 valence electrons. The molecule has 0 aliphatic heterocycles. The Labute approximate surface area is 156 Å². The van der Waals surface area contributed by atoms with E-state index >= 15 is 0 Å². The van der Waals surface area contributed by atoms with Crippen molar-refractivity contribution in [3.8, 4) is 0 Å². The fraction of sp³-hybridized carbons (Fsp3) is 0.611. The van der Waals surface area contributed by atoms with Gasteiger partial charge in [0.2, 0.25) is 10.0 Å². The minimum Gasteiger partial charge on any atom is -0.359 e. The van der Waals surface area contributed by atoms with Crippen molar-refractivity contribution in [2.45, 2.75) is 50.5 Å². The first-order valence-electron chi connectivity index (χ1n) is 9.11. The van der Waals surface area contributed by atoms with Crippen LogP contribution in [0.5, 0.6) is 0 Å². The Hall–Kier alpha value is -1.18. The first-order chi connectivity index (χ1) is 11.9. The molecule has 0 radical (unpaired) electrons. The molecule has 0 amide bonds. The van der Waals surface area contributed by atoms with Gasteiger partial charge >= 0.3 is 0 Å². The van der Waals surface area contributed by atoms with Crippen LogP contribution in [0, 0.1) is 11.8 Å². The molecule has 2 bridgehead atoms. The monoisotopic (exact) mass is 381 g/mol. The van der Waals surface area contributed by atoms with E-state index in [2.05, 4.69) is 10.6 Å². The molecule has 0 saturated heterocycles. The molecule has 5 nitrogen and oxygen atoms in total. The van der Waals surface area contributed by atoms with Crippen LogP contribution in [0.15, 0.2) is 29.2 Å². The fourth-order valence-corrected chi connectivity index (χ4v) is 5.98. The van der Waals surface area contributed by atoms with Crippen LogP contribution >= 0.6 is 12.2 Å². The number of rotatable bonds is 6. The molecular weight excluding hydrogens is 354 g/mol. The van der Waals surface area contributed by atoms with Crippen molar-refractivity contribution in [1.29, 1.82) is 0 Å². The number of fused-ring (bicyclic) bond motifs is 2. The zero-order valence-corrected chi connectivity index (χ0v) is 16.5. The van der Waals surface area contributed by atoms with Crippen LogP contribution in [-0.2, 0) is 10.0 Å². The number of sulfonamides is 1. The third-order valence-corrected chi connectivity index (χ3v) is 7.76. The van der Waals surface area contributed by atoms with Crippen LogP contribution in [-0.4, -0.2) is 37.0 Å². The van der Waals surface area contributed by atoms with Crippen LogP contribution in [0.2, 0.25) is 0 Å². The predicted octanol–water partition coefficient (Wildman–Crippen LogP) is 3.19. The largest absolute Gasteiger partial charge is 0.359 e. The first kappa shape index (κ1) is 18.6. The summed E-state index contributed by atoms with van der Waals surface area (Å²) in [6, 6.07) is 7.34. The lowest BCUT2D eigenvalue weighted by Crippen LogP contribution is -2.40. The Morgan fingerprint density at radius 3 is 2.60 bits per heavy atom. The third-order valence-electron chi connectivity index (χ3n) is 5.49. The molecular formula is C18H27N3O2S2. The van der Waals surface area contributed by atoms with Crippen LogP contribution in [0.1, 0.15) is 39.5 Å². The molecule has 25 heavy (non-hydrogen) atoms. The van der Waals surface area contributed by atoms with Crippen LogP contribution in [0.4, 0.5) is 5.69 Å². The molecule has 0 unspecified atom stereocenters. The smallest absolute Gasteiger partial charge is 0.243 e. The minimum absolute atomic E-state index is 0.295. The molecule has 2 aliphatic carbocycles. The second kappa shape index (κ2) is 7.60. The lowest BCUT2D eigenvalue weighted by molar-refractivity contribution is 0.392. The zero-order chi connectivity index (χ0) is 18.0. The number of nitrogens with one attached hydrogen (secondary N) is 2. The number of hydrogen-bond acceptors (Lipinski definition) is 3. The topological polar surface area (TPSA) is 61.4 Å². The summed E-state index contributed by atoms with van der Waals surface area (Å²) in [5, 5.41) is 7.15. The van der Waals surface area contributed by atoms with Crippen molar-refractivity contribution in [2.24, 2.45) is 11.8 Å². The summed E-state index contributed by atoms with van der Waals surface area (Å²) in [6.07, 6.45) is 5.16. The minimum atomic E-state index is -3.46. The number of anilines is 1. The number of benzene rings is 1. The van der Waals surface area contributed by atoms with Gasteiger partial charge < -0.3 is 10.6 Å². The third kappa shape index (κ3) is 3.99. The average molecular weight is 382 g/mol. The van der Waals surface area contributed by atoms with E-state index in [0.29, 0.717) is 34.8 Å². The molecule has 3 atom stereocenters. The fourth-order valence-electron chi connectivity index (χ4n) is 4.20. The quantitative estimate of drug-likeness (QED) is 0.741. The molecule has 2 aliphatic rings. The van der Waals surface area contributed by atoms with Gasteiger partial charge in [-0.3, -0.25) is 0 Å². The van der Waals surface area contributed by atoms with Gasteiger partial charge in [-0.1, -0.05) is 26.3 Å². The summed E-state index contributed by atoms with van der Waals surface area (Å²) in [6.45, 7) is 4.61. The van der Waals surface area contributed by atoms with Gasteiger partial charge in [-0.25, -0.2) is 8.42 Å². The van der Waals surface area contributed by atoms with Gasteiger partial charge in [0.1, 0.15) is 0 Å². The number of hydrogen-bond donors (Lipinski definition) is 2. The molecule has 2 fully saturated rings. The van der Waals surface area contributed by atoms with Crippen LogP contribution < -0.4 is 10.6 Å². The van der Waals surface area contributed by atoms with Crippen molar-refractivity contribution in [3.05, 3.63) is 24.3 Å². The van der Waals surface area contributed by atoms with Crippen molar-refractivity contribution >= 4 is 33.0 Å². The highest BCUT2D eigenvalue weighted by Gasteiger charge is 2.39. The van der Waals surface area contributed by atoms with Gasteiger partial charge in [-0.15, -0.1) is 0 Å². The van der Waals surface area contributed by atoms with E-state index in [9.17, 15) is 8.42 Å². The van der Waals surface area contributed by atoms with E-state index in [4.69, 9.17) is 12.2 Å². The maximum Gasteiger partial charge on any atom is 0.243 e. The Kier molecular flexibility index (Phi) is 5.65. The van der Waals surface area contributed by atoms with Crippen molar-refractivity contribution in [2.75, 3.05) is 18.4 Å². The Morgan fingerprint density at radius 1 is 1.24 bits per heavy atom. The van der Waals surface area contributed by atoms with E-state index in [1.165, 1.54) is 30.0 Å². The normalized spacial score (nSPS) is 25.3. The molecule has 0 heterocycles. The summed E-state index contributed by atoms with van der Waals surface area (Å²) in [5.41, 5.74) is 0.703. The first-order valence-corrected chi connectivity index (χ1v) is 11.0. The Morgan fingerprint density at radius 2 is 2.00 bits per heavy atom. The van der Waals surface area contributed by atoms with Gasteiger partial charge in [0.25, 0.3) is 0 Å². The number of nitrogens with zero attached hydrogens (tertiary/aromatic N) is 1. The molecule has 0 aromatic heterocycles. The second-order valence-electron chi connectivity index (χ2n) is 7.00. The van der Waals surface area contributed by atoms with E-state index in [1.54, 1.807) is 18.2 Å². The highest BCUT2D eigenvalue weighted by molar-refractivity contribution is 7.89. The number of thiocarbonyl (C=S) groups is 1. The van der Waals surface area contributed by atoms with Crippen LogP contribution in [0.25, 0.3) is 0 Å². The molecule has 0 spiro atoms. The van der Waals surface area contributed by atoms with E-state index in [0.717, 1.165) is 11.8 Å². The molecule has 1 aromatic rings. The zero-order valence-electron chi connectivity index (χ0n) is 14.9. The van der Waals surface area contributed by atoms with Crippen LogP contribution in [0.3, 0.4) is 0 Å². The molecule has 2 saturated carbocycles. The summed E-state index contributed by atoms with van der Waals surface area (Å²) < 4.78 is 26.8. The molecule has 1 aromatic carbocycles. The maximum absolute atomic E-state index is 12.6. The van der Waals surface area contributed by atoms with Crippen molar-refractivity contribution < 1.29 is 8.42 Å². The Bertz CT molecular complexity index is 732. The lowest BCUT2D eigenvalue weighted by Gasteiger charge is -2.24.